The second-order valence-electron chi connectivity index (χ2n) is 21.2. The molecule has 2 N–H and O–H groups in total. The van der Waals surface area contributed by atoms with Gasteiger partial charge in [-0.15, -0.1) is 23.2 Å². The molecule has 2 saturated carbocycles. The summed E-state index contributed by atoms with van der Waals surface area (Å²) in [6.07, 6.45) is 10.7. The zero-order valence-electron chi connectivity index (χ0n) is 39.6. The maximum Gasteiger partial charge on any atom is 0.338 e. The first kappa shape index (κ1) is 52.1. The summed E-state index contributed by atoms with van der Waals surface area (Å²) in [5.41, 5.74) is -3.05. The van der Waals surface area contributed by atoms with Crippen molar-refractivity contribution in [1.29, 1.82) is 0 Å². The maximum absolute atomic E-state index is 13.7. The van der Waals surface area contributed by atoms with Gasteiger partial charge in [-0.25, -0.2) is 9.59 Å². The molecule has 0 unspecified atom stereocenters. The van der Waals surface area contributed by atoms with E-state index in [1.54, 1.807) is 13.8 Å². The molecule has 5 rings (SSSR count). The van der Waals surface area contributed by atoms with Gasteiger partial charge in [0, 0.05) is 11.8 Å². The van der Waals surface area contributed by atoms with Gasteiger partial charge in [0.1, 0.15) is 5.60 Å². The molecule has 7 atom stereocenters. The van der Waals surface area contributed by atoms with Crippen LogP contribution >= 0.6 is 23.2 Å². The zero-order chi connectivity index (χ0) is 45.8. The number of amides is 2. The number of halogens is 2. The predicted molar refractivity (Wildman–Crippen MR) is 248 cm³/mol. The fraction of sp³-hybridized carbons (Fsp3) is 0.870. The minimum Gasteiger partial charge on any atom is -0.464 e. The number of hydrogen-bond donors (Lipinski definition) is 2. The molecule has 3 heterocycles. The second-order valence-corrected chi connectivity index (χ2v) is 31.5. The van der Waals surface area contributed by atoms with Crippen LogP contribution in [0.5, 0.6) is 0 Å². The second kappa shape index (κ2) is 20.4. The van der Waals surface area contributed by atoms with Crippen molar-refractivity contribution in [3.05, 3.63) is 12.2 Å². The molecule has 0 aromatic carbocycles. The van der Waals surface area contributed by atoms with Gasteiger partial charge in [-0.1, -0.05) is 86.6 Å². The van der Waals surface area contributed by atoms with E-state index in [0.717, 1.165) is 51.4 Å². The number of esters is 2. The molecule has 11 nitrogen and oxygen atoms in total. The van der Waals surface area contributed by atoms with E-state index in [-0.39, 0.29) is 46.9 Å². The Morgan fingerprint density at radius 3 is 1.61 bits per heavy atom. The van der Waals surface area contributed by atoms with Crippen molar-refractivity contribution in [1.82, 2.24) is 10.6 Å². The van der Waals surface area contributed by atoms with Crippen LogP contribution in [-0.4, -0.2) is 101 Å². The third kappa shape index (κ3) is 10.3. The number of carbonyl (C=O) groups is 4. The fourth-order valence-electron chi connectivity index (χ4n) is 9.70. The van der Waals surface area contributed by atoms with Crippen LogP contribution in [0.4, 0.5) is 0 Å². The first-order chi connectivity index (χ1) is 28.4. The molecule has 15 heteroatoms. The van der Waals surface area contributed by atoms with Crippen molar-refractivity contribution in [2.75, 3.05) is 31.6 Å². The highest BCUT2D eigenvalue weighted by molar-refractivity contribution is 6.74. The van der Waals surface area contributed by atoms with Gasteiger partial charge in [0.15, 0.2) is 27.7 Å². The van der Waals surface area contributed by atoms with Crippen molar-refractivity contribution in [2.45, 2.75) is 198 Å². The molecular formula is C46H80Cl2N2O9Si2. The topological polar surface area (TPSA) is 142 Å². The molecule has 0 bridgehead atoms. The maximum atomic E-state index is 13.7. The molecule has 0 radical (unpaired) electrons. The molecule has 2 aliphatic carbocycles. The molecule has 5 fully saturated rings. The van der Waals surface area contributed by atoms with E-state index in [9.17, 15) is 19.2 Å². The number of alkyl halides is 2. The summed E-state index contributed by atoms with van der Waals surface area (Å²) >= 11 is 12.0. The van der Waals surface area contributed by atoms with Gasteiger partial charge in [0.2, 0.25) is 11.8 Å². The van der Waals surface area contributed by atoms with Gasteiger partial charge in [0.25, 0.3) is 0 Å². The molecule has 0 aromatic heterocycles. The van der Waals surface area contributed by atoms with Crippen molar-refractivity contribution >= 4 is 63.6 Å². The lowest BCUT2D eigenvalue weighted by atomic mass is 9.69. The normalized spacial score (nSPS) is 30.0. The van der Waals surface area contributed by atoms with E-state index in [4.69, 9.17) is 46.3 Å². The highest BCUT2D eigenvalue weighted by Crippen LogP contribution is 2.57. The predicted octanol–water partition coefficient (Wildman–Crippen LogP) is 9.59. The van der Waals surface area contributed by atoms with Gasteiger partial charge in [0.05, 0.1) is 43.9 Å². The lowest BCUT2D eigenvalue weighted by Crippen LogP contribution is -2.70. The minimum absolute atomic E-state index is 0.0325. The summed E-state index contributed by atoms with van der Waals surface area (Å²) in [5.74, 6) is -1.22. The molecule has 1 spiro atoms. The average molecular weight is 932 g/mol. The van der Waals surface area contributed by atoms with E-state index in [2.05, 4.69) is 84.9 Å². The Morgan fingerprint density at radius 2 is 1.18 bits per heavy atom. The monoisotopic (exact) mass is 930 g/mol. The minimum atomic E-state index is -2.27. The molecule has 61 heavy (non-hydrogen) atoms. The van der Waals surface area contributed by atoms with Gasteiger partial charge in [-0.2, -0.15) is 0 Å². The third-order valence-electron chi connectivity index (χ3n) is 15.3. The first-order valence-electron chi connectivity index (χ1n) is 23.2. The quantitative estimate of drug-likeness (QED) is 0.0509. The molecule has 3 saturated heterocycles. The Balaban J connectivity index is 0.000000269. The molecule has 2 amide bonds. The Hall–Kier alpha value is -1.49. The number of epoxide rings is 1. The van der Waals surface area contributed by atoms with Crippen LogP contribution in [0.3, 0.4) is 0 Å². The lowest BCUT2D eigenvalue weighted by molar-refractivity contribution is -0.163. The van der Waals surface area contributed by atoms with Crippen molar-refractivity contribution in [2.24, 2.45) is 23.7 Å². The Morgan fingerprint density at radius 1 is 0.738 bits per heavy atom. The van der Waals surface area contributed by atoms with E-state index < -0.39 is 69.3 Å². The number of rotatable bonds is 16. The molecular weight excluding hydrogens is 852 g/mol. The molecule has 5 aliphatic rings. The number of nitrogens with one attached hydrogen (secondary N) is 2. The summed E-state index contributed by atoms with van der Waals surface area (Å²) < 4.78 is 31.2. The Bertz CT molecular complexity index is 1570. The number of hydrogen-bond acceptors (Lipinski definition) is 9. The lowest BCUT2D eigenvalue weighted by Gasteiger charge is -2.49. The van der Waals surface area contributed by atoms with Crippen molar-refractivity contribution < 1.29 is 42.2 Å². The van der Waals surface area contributed by atoms with Crippen LogP contribution in [-0.2, 0) is 42.2 Å². The van der Waals surface area contributed by atoms with Gasteiger partial charge in [-0.3, -0.25) is 9.59 Å². The van der Waals surface area contributed by atoms with Gasteiger partial charge < -0.3 is 33.7 Å². The van der Waals surface area contributed by atoms with Crippen LogP contribution in [0.25, 0.3) is 0 Å². The van der Waals surface area contributed by atoms with E-state index in [0.29, 0.717) is 36.8 Å². The van der Waals surface area contributed by atoms with Crippen LogP contribution in [0.2, 0.25) is 36.3 Å². The van der Waals surface area contributed by atoms with Crippen molar-refractivity contribution in [3.8, 4) is 0 Å². The number of carbonyl (C=O) groups excluding carboxylic acids is 4. The SMILES string of the molecule is C=C1[C@@H](CCCl)C(=O)N[C@]1(C(=O)OCC)[C@@H](O[Si](C)(C)C(C)(C)C)C1CCCCC1.CCOC(=O)[C@]1([C@@H](O[Si](C)(C)C(C)(C)C)C2CCCCC2)NC(=O)[C@H](CCCl)[C@@]12CO2. The van der Waals surface area contributed by atoms with Crippen LogP contribution in [0.1, 0.15) is 132 Å². The highest BCUT2D eigenvalue weighted by Gasteiger charge is 2.80. The smallest absolute Gasteiger partial charge is 0.338 e. The summed E-state index contributed by atoms with van der Waals surface area (Å²) in [7, 11) is -4.53. The van der Waals surface area contributed by atoms with Gasteiger partial charge in [-0.05, 0) is 106 Å². The van der Waals surface area contributed by atoms with Gasteiger partial charge >= 0.3 is 11.9 Å². The third-order valence-corrected chi connectivity index (χ3v) is 24.7. The van der Waals surface area contributed by atoms with E-state index in [1.165, 1.54) is 12.8 Å². The molecule has 0 aromatic rings. The fourth-order valence-corrected chi connectivity index (χ4v) is 12.8. The Kier molecular flexibility index (Phi) is 17.4. The summed E-state index contributed by atoms with van der Waals surface area (Å²) in [5, 5.41) is 6.08. The van der Waals surface area contributed by atoms with Crippen LogP contribution in [0.15, 0.2) is 12.2 Å². The first-order valence-corrected chi connectivity index (χ1v) is 30.1. The number of ether oxygens (including phenoxy) is 3. The van der Waals surface area contributed by atoms with Crippen LogP contribution < -0.4 is 10.6 Å². The van der Waals surface area contributed by atoms with E-state index in [1.807, 2.05) is 0 Å². The standard InChI is InChI=1S/C23H40ClNO5Si.C23H40ClNO4Si/c1-7-28-20(27)23(22(15-29-22)17(13-14-24)19(26)25-23)18(16-11-9-8-10-12-16)30-31(5,6)21(2,3)4;1-8-28-21(27)23(16(2)18(14-15-24)20(26)25-23)19(17-12-10-9-11-13-17)29-30(6,7)22(3,4)5/h16-18H,7-15H2,1-6H3,(H,25,26);17-19H,2,8-15H2,1,3-7H3,(H,25,26)/t17-,18-,22-,23-;18-,19+,23+/m01/s1. The summed E-state index contributed by atoms with van der Waals surface area (Å²) in [4.78, 5) is 53.4. The largest absolute Gasteiger partial charge is 0.464 e. The Labute approximate surface area is 379 Å². The summed E-state index contributed by atoms with van der Waals surface area (Å²) in [6, 6.07) is 0. The highest BCUT2D eigenvalue weighted by atomic mass is 35.5. The zero-order valence-corrected chi connectivity index (χ0v) is 43.1. The summed E-state index contributed by atoms with van der Waals surface area (Å²) in [6.45, 7) is 30.6. The van der Waals surface area contributed by atoms with Crippen molar-refractivity contribution in [3.63, 3.8) is 0 Å². The van der Waals surface area contributed by atoms with Crippen LogP contribution in [0, 0.1) is 23.7 Å². The average Bonchev–Trinajstić information content (AvgIpc) is 3.90. The van der Waals surface area contributed by atoms with E-state index >= 15 is 0 Å². The molecule has 350 valence electrons. The molecule has 3 aliphatic heterocycles.